The fourth-order valence-corrected chi connectivity index (χ4v) is 5.95. The van der Waals surface area contributed by atoms with E-state index >= 15 is 0 Å². The number of nitrogens with two attached hydrogens (primary N) is 1. The van der Waals surface area contributed by atoms with E-state index in [-0.39, 0.29) is 30.4 Å². The van der Waals surface area contributed by atoms with Gasteiger partial charge in [0.1, 0.15) is 6.04 Å². The lowest BCUT2D eigenvalue weighted by Crippen LogP contribution is -2.57. The molecule has 0 unspecified atom stereocenters. The first-order valence-electron chi connectivity index (χ1n) is 11.3. The van der Waals surface area contributed by atoms with Crippen LogP contribution >= 0.6 is 0 Å². The molecule has 0 radical (unpaired) electrons. The first-order valence-corrected chi connectivity index (χ1v) is 11.3. The van der Waals surface area contributed by atoms with Crippen molar-refractivity contribution < 1.29 is 22.8 Å². The van der Waals surface area contributed by atoms with Gasteiger partial charge in [-0.05, 0) is 49.8 Å². The average Bonchev–Trinajstić information content (AvgIpc) is 3.11. The van der Waals surface area contributed by atoms with Gasteiger partial charge >= 0.3 is 6.18 Å². The molecule has 2 N–H and O–H groups in total. The van der Waals surface area contributed by atoms with Gasteiger partial charge in [0, 0.05) is 25.2 Å². The first-order chi connectivity index (χ1) is 15.6. The Bertz CT molecular complexity index is 1020. The van der Waals surface area contributed by atoms with E-state index in [2.05, 4.69) is 6.07 Å². The fraction of sp³-hybridized carbons (Fsp3) is 0.609. The third-order valence-electron chi connectivity index (χ3n) is 7.68. The zero-order valence-corrected chi connectivity index (χ0v) is 18.2. The van der Waals surface area contributed by atoms with Crippen LogP contribution in [0.1, 0.15) is 43.4 Å². The fourth-order valence-electron chi connectivity index (χ4n) is 5.95. The molecular weight excluding hydrogens is 435 g/mol. The van der Waals surface area contributed by atoms with Gasteiger partial charge < -0.3 is 15.5 Å². The largest absolute Gasteiger partial charge is 0.416 e. The Morgan fingerprint density at radius 3 is 2.73 bits per heavy atom. The lowest BCUT2D eigenvalue weighted by atomic mass is 10.0. The molecule has 0 spiro atoms. The molecule has 3 aliphatic heterocycles. The van der Waals surface area contributed by atoms with Crippen molar-refractivity contribution in [2.24, 2.45) is 11.7 Å². The number of hydrogen-bond acceptors (Lipinski definition) is 5. The number of fused-ring (bicyclic) bond motifs is 3. The van der Waals surface area contributed by atoms with Crippen LogP contribution in [0, 0.1) is 17.2 Å². The summed E-state index contributed by atoms with van der Waals surface area (Å²) in [7, 11) is 0. The first kappa shape index (κ1) is 22.2. The van der Waals surface area contributed by atoms with Gasteiger partial charge in [0.15, 0.2) is 0 Å². The SMILES string of the molecule is C[C@H](c1cccc(C(F)(F)F)c1)N1C(=O)[C@H]2C[C@H]1CN2C[C@H](N)C(=O)N1[C@H](C#N)C[C@@H]2C[C@@H]21. The smallest absolute Gasteiger partial charge is 0.330 e. The summed E-state index contributed by atoms with van der Waals surface area (Å²) in [6.07, 6.45) is -2.25. The number of rotatable bonds is 5. The number of halogens is 3. The molecule has 4 aliphatic rings. The van der Waals surface area contributed by atoms with Crippen LogP contribution in [-0.2, 0) is 15.8 Å². The number of piperidine rings is 1. The summed E-state index contributed by atoms with van der Waals surface area (Å²) < 4.78 is 39.3. The molecule has 3 heterocycles. The van der Waals surface area contributed by atoms with Crippen LogP contribution in [0.3, 0.4) is 0 Å². The Kier molecular flexibility index (Phi) is 5.18. The lowest BCUT2D eigenvalue weighted by molar-refractivity contribution is -0.141. The van der Waals surface area contributed by atoms with Gasteiger partial charge in [0.2, 0.25) is 11.8 Å². The number of benzene rings is 1. The molecular formula is C23H26F3N5O2. The molecule has 5 rings (SSSR count). The van der Waals surface area contributed by atoms with Crippen LogP contribution in [0.4, 0.5) is 13.2 Å². The maximum Gasteiger partial charge on any atom is 0.416 e. The Balaban J connectivity index is 1.24. The van der Waals surface area contributed by atoms with E-state index in [0.29, 0.717) is 30.9 Å². The number of piperazine rings is 1. The number of amides is 2. The summed E-state index contributed by atoms with van der Waals surface area (Å²) in [6.45, 7) is 2.49. The van der Waals surface area contributed by atoms with Gasteiger partial charge in [-0.1, -0.05) is 12.1 Å². The Labute approximate surface area is 189 Å². The van der Waals surface area contributed by atoms with Crippen molar-refractivity contribution in [2.75, 3.05) is 13.1 Å². The summed E-state index contributed by atoms with van der Waals surface area (Å²) in [5, 5.41) is 9.34. The quantitative estimate of drug-likeness (QED) is 0.723. The van der Waals surface area contributed by atoms with E-state index in [1.165, 1.54) is 6.07 Å². The molecule has 7 atom stereocenters. The molecule has 1 saturated carbocycles. The average molecular weight is 461 g/mol. The van der Waals surface area contributed by atoms with Crippen molar-refractivity contribution in [3.63, 3.8) is 0 Å². The molecule has 1 aromatic carbocycles. The maximum atomic E-state index is 13.1. The van der Waals surface area contributed by atoms with Gasteiger partial charge in [-0.25, -0.2) is 0 Å². The minimum Gasteiger partial charge on any atom is -0.330 e. The van der Waals surface area contributed by atoms with Crippen molar-refractivity contribution in [3.05, 3.63) is 35.4 Å². The van der Waals surface area contributed by atoms with Gasteiger partial charge in [-0.3, -0.25) is 14.5 Å². The molecule has 0 aromatic heterocycles. The molecule has 3 saturated heterocycles. The zero-order valence-electron chi connectivity index (χ0n) is 18.2. The number of alkyl halides is 3. The summed E-state index contributed by atoms with van der Waals surface area (Å²) in [5.41, 5.74) is 5.93. The molecule has 33 heavy (non-hydrogen) atoms. The van der Waals surface area contributed by atoms with E-state index in [1.54, 1.807) is 22.8 Å². The molecule has 2 bridgehead atoms. The van der Waals surface area contributed by atoms with E-state index < -0.39 is 35.9 Å². The second-order valence-corrected chi connectivity index (χ2v) is 9.70. The van der Waals surface area contributed by atoms with Crippen molar-refractivity contribution in [1.29, 1.82) is 5.26 Å². The van der Waals surface area contributed by atoms with Crippen molar-refractivity contribution >= 4 is 11.8 Å². The topological polar surface area (TPSA) is 93.7 Å². The maximum absolute atomic E-state index is 13.1. The van der Waals surface area contributed by atoms with Crippen LogP contribution in [0.2, 0.25) is 0 Å². The van der Waals surface area contributed by atoms with Crippen LogP contribution in [0.5, 0.6) is 0 Å². The summed E-state index contributed by atoms with van der Waals surface area (Å²) >= 11 is 0. The molecule has 1 aliphatic carbocycles. The van der Waals surface area contributed by atoms with Crippen LogP contribution < -0.4 is 5.73 Å². The highest BCUT2D eigenvalue weighted by Crippen LogP contribution is 2.48. The molecule has 176 valence electrons. The normalized spacial score (nSPS) is 32.6. The van der Waals surface area contributed by atoms with Crippen molar-refractivity contribution in [3.8, 4) is 6.07 Å². The third-order valence-corrected chi connectivity index (χ3v) is 7.68. The number of nitriles is 1. The molecule has 4 fully saturated rings. The summed E-state index contributed by atoms with van der Waals surface area (Å²) in [4.78, 5) is 31.3. The number of likely N-dealkylation sites (tertiary alicyclic amines) is 3. The lowest BCUT2D eigenvalue weighted by Gasteiger charge is -2.38. The third kappa shape index (κ3) is 3.67. The predicted molar refractivity (Wildman–Crippen MR) is 111 cm³/mol. The van der Waals surface area contributed by atoms with Crippen LogP contribution in [0.25, 0.3) is 0 Å². The Morgan fingerprint density at radius 1 is 1.30 bits per heavy atom. The Hall–Kier alpha value is -2.64. The molecule has 2 amide bonds. The second kappa shape index (κ2) is 7.71. The van der Waals surface area contributed by atoms with E-state index in [4.69, 9.17) is 5.73 Å². The minimum atomic E-state index is -4.44. The van der Waals surface area contributed by atoms with E-state index in [0.717, 1.165) is 18.6 Å². The number of carbonyl (C=O) groups excluding carboxylic acids is 2. The van der Waals surface area contributed by atoms with Crippen molar-refractivity contribution in [1.82, 2.24) is 14.7 Å². The molecule has 1 aromatic rings. The highest BCUT2D eigenvalue weighted by Gasteiger charge is 2.56. The molecule has 7 nitrogen and oxygen atoms in total. The monoisotopic (exact) mass is 461 g/mol. The van der Waals surface area contributed by atoms with Crippen molar-refractivity contribution in [2.45, 2.75) is 68.6 Å². The van der Waals surface area contributed by atoms with E-state index in [9.17, 15) is 28.0 Å². The van der Waals surface area contributed by atoms with Gasteiger partial charge in [0.25, 0.3) is 0 Å². The van der Waals surface area contributed by atoms with Gasteiger partial charge in [-0.2, -0.15) is 18.4 Å². The predicted octanol–water partition coefficient (Wildman–Crippen LogP) is 1.89. The van der Waals surface area contributed by atoms with Crippen LogP contribution in [0.15, 0.2) is 24.3 Å². The standard InChI is InChI=1S/C23H26F3N5O2/c1-12(13-3-2-4-15(5-13)23(24,25)26)30-17-8-20(22(30)33)29(10-17)11-18(28)21(32)31-16(9-27)6-14-7-19(14)31/h2-5,12,14,16-20H,6-8,10-11,28H2,1H3/t12-,14-,16+,17+,18+,19+,20-/m1/s1. The zero-order chi connectivity index (χ0) is 23.7. The Morgan fingerprint density at radius 2 is 2.06 bits per heavy atom. The molecule has 10 heteroatoms. The minimum absolute atomic E-state index is 0.119. The van der Waals surface area contributed by atoms with Crippen LogP contribution in [-0.4, -0.2) is 69.8 Å². The van der Waals surface area contributed by atoms with Gasteiger partial charge in [-0.15, -0.1) is 0 Å². The van der Waals surface area contributed by atoms with Gasteiger partial charge in [0.05, 0.1) is 29.8 Å². The summed E-state index contributed by atoms with van der Waals surface area (Å²) in [5.74, 6) is 0.0196. The second-order valence-electron chi connectivity index (χ2n) is 9.70. The number of nitrogens with zero attached hydrogens (tertiary/aromatic N) is 4. The van der Waals surface area contributed by atoms with E-state index in [1.807, 2.05) is 4.90 Å². The highest BCUT2D eigenvalue weighted by molar-refractivity contribution is 5.87. The highest BCUT2D eigenvalue weighted by atomic mass is 19.4. The number of hydrogen-bond donors (Lipinski definition) is 1. The number of carbonyl (C=O) groups is 2. The summed E-state index contributed by atoms with van der Waals surface area (Å²) in [6, 6.07) is 5.11.